The SMILES string of the molecule is CN(C)C(=O)c1nccc(Nc2c(NC3c4oc(C5CC5)cc4CCC3(C)C)c(=O)c2=O)c1O. The standard InChI is InChI=1S/C25H28N4O5/c1-25(2)9-7-13-11-15(12-5-6-12)34-22(13)23(25)28-17-16(20(31)21(17)32)27-14-8-10-26-18(19(14)30)24(33)29(3)4/h8,10-12,23,28,30H,5-7,9H2,1-4H3,(H,26,27). The molecule has 3 aromatic rings. The van der Waals surface area contributed by atoms with E-state index < -0.39 is 16.8 Å². The first-order valence-corrected chi connectivity index (χ1v) is 11.5. The first-order chi connectivity index (χ1) is 16.1. The molecule has 0 spiro atoms. The Bertz CT molecular complexity index is 1360. The van der Waals surface area contributed by atoms with E-state index in [1.165, 1.54) is 17.2 Å². The van der Waals surface area contributed by atoms with E-state index in [0.717, 1.165) is 42.8 Å². The lowest BCUT2D eigenvalue weighted by Crippen LogP contribution is -2.41. The second-order valence-electron chi connectivity index (χ2n) is 10.2. The molecule has 2 aliphatic carbocycles. The molecule has 9 heteroatoms. The van der Waals surface area contributed by atoms with Crippen LogP contribution in [0.4, 0.5) is 17.1 Å². The maximum Gasteiger partial charge on any atom is 0.275 e. The van der Waals surface area contributed by atoms with Crippen molar-refractivity contribution in [3.63, 3.8) is 0 Å². The largest absolute Gasteiger partial charge is 0.504 e. The van der Waals surface area contributed by atoms with Crippen molar-refractivity contribution in [1.82, 2.24) is 9.88 Å². The number of amides is 1. The van der Waals surface area contributed by atoms with Gasteiger partial charge < -0.3 is 25.1 Å². The maximum atomic E-state index is 12.6. The highest BCUT2D eigenvalue weighted by atomic mass is 16.3. The van der Waals surface area contributed by atoms with Crippen molar-refractivity contribution in [2.45, 2.75) is 51.5 Å². The van der Waals surface area contributed by atoms with E-state index in [1.807, 2.05) is 0 Å². The van der Waals surface area contributed by atoms with Crippen LogP contribution in [0.3, 0.4) is 0 Å². The molecule has 1 unspecified atom stereocenters. The Labute approximate surface area is 196 Å². The van der Waals surface area contributed by atoms with Crippen molar-refractivity contribution in [1.29, 1.82) is 0 Å². The van der Waals surface area contributed by atoms with Gasteiger partial charge in [-0.25, -0.2) is 4.98 Å². The lowest BCUT2D eigenvalue weighted by Gasteiger charge is -2.38. The van der Waals surface area contributed by atoms with Gasteiger partial charge >= 0.3 is 0 Å². The lowest BCUT2D eigenvalue weighted by molar-refractivity contribution is 0.0819. The third kappa shape index (κ3) is 3.55. The Balaban J connectivity index is 1.47. The molecule has 2 aromatic heterocycles. The number of carbonyl (C=O) groups excluding carboxylic acids is 1. The second kappa shape index (κ2) is 7.72. The number of carbonyl (C=O) groups is 1. The Morgan fingerprint density at radius 3 is 2.59 bits per heavy atom. The first-order valence-electron chi connectivity index (χ1n) is 11.5. The molecule has 9 nitrogen and oxygen atoms in total. The summed E-state index contributed by atoms with van der Waals surface area (Å²) in [5, 5.41) is 16.7. The molecule has 0 bridgehead atoms. The van der Waals surface area contributed by atoms with Gasteiger partial charge in [-0.2, -0.15) is 0 Å². The Morgan fingerprint density at radius 2 is 1.91 bits per heavy atom. The van der Waals surface area contributed by atoms with Crippen molar-refractivity contribution in [2.24, 2.45) is 5.41 Å². The fourth-order valence-corrected chi connectivity index (χ4v) is 4.54. The molecule has 2 heterocycles. The molecule has 1 saturated carbocycles. The average Bonchev–Trinajstić information content (AvgIpc) is 3.56. The maximum absolute atomic E-state index is 12.6. The number of furan rings is 1. The summed E-state index contributed by atoms with van der Waals surface area (Å²) in [7, 11) is 3.09. The van der Waals surface area contributed by atoms with Gasteiger partial charge in [0.05, 0.1) is 11.7 Å². The van der Waals surface area contributed by atoms with E-state index in [1.54, 1.807) is 14.1 Å². The summed E-state index contributed by atoms with van der Waals surface area (Å²) in [5.41, 5.74) is -0.220. The van der Waals surface area contributed by atoms with Crippen LogP contribution in [0, 0.1) is 5.41 Å². The van der Waals surface area contributed by atoms with E-state index in [-0.39, 0.29) is 40.0 Å². The van der Waals surface area contributed by atoms with Crippen LogP contribution in [0.15, 0.2) is 32.3 Å². The van der Waals surface area contributed by atoms with Gasteiger partial charge in [0.25, 0.3) is 16.8 Å². The summed E-state index contributed by atoms with van der Waals surface area (Å²) in [6.07, 6.45) is 5.43. The molecule has 1 amide bonds. The van der Waals surface area contributed by atoms with Gasteiger partial charge in [-0.1, -0.05) is 13.8 Å². The second-order valence-corrected chi connectivity index (χ2v) is 10.2. The van der Waals surface area contributed by atoms with Crippen molar-refractivity contribution in [3.05, 3.63) is 61.6 Å². The number of fused-ring (bicyclic) bond motifs is 1. The number of rotatable bonds is 6. The molecule has 178 valence electrons. The van der Waals surface area contributed by atoms with Gasteiger partial charge in [0.15, 0.2) is 11.4 Å². The lowest BCUT2D eigenvalue weighted by atomic mass is 9.73. The van der Waals surface area contributed by atoms with Crippen LogP contribution in [-0.2, 0) is 6.42 Å². The molecule has 0 radical (unpaired) electrons. The molecular formula is C25H28N4O5. The van der Waals surface area contributed by atoms with Crippen molar-refractivity contribution < 1.29 is 14.3 Å². The van der Waals surface area contributed by atoms with Crippen molar-refractivity contribution >= 4 is 23.0 Å². The van der Waals surface area contributed by atoms with Gasteiger partial charge in [0.2, 0.25) is 0 Å². The molecule has 1 atom stereocenters. The van der Waals surface area contributed by atoms with Gasteiger partial charge in [-0.05, 0) is 48.8 Å². The summed E-state index contributed by atoms with van der Waals surface area (Å²) in [5.74, 6) is 1.43. The molecule has 0 saturated heterocycles. The molecule has 3 N–H and O–H groups in total. The summed E-state index contributed by atoms with van der Waals surface area (Å²) in [6, 6.07) is 3.29. The van der Waals surface area contributed by atoms with Crippen LogP contribution in [0.25, 0.3) is 0 Å². The number of aryl methyl sites for hydroxylation is 1. The molecule has 0 aliphatic heterocycles. The summed E-state index contributed by atoms with van der Waals surface area (Å²) in [4.78, 5) is 42.5. The third-order valence-corrected chi connectivity index (χ3v) is 6.91. The Kier molecular flexibility index (Phi) is 5.03. The smallest absolute Gasteiger partial charge is 0.275 e. The predicted molar refractivity (Wildman–Crippen MR) is 128 cm³/mol. The zero-order valence-corrected chi connectivity index (χ0v) is 19.7. The minimum Gasteiger partial charge on any atom is -0.504 e. The van der Waals surface area contributed by atoms with Crippen LogP contribution in [0.2, 0.25) is 0 Å². The average molecular weight is 465 g/mol. The number of anilines is 3. The number of nitrogens with one attached hydrogen (secondary N) is 2. The number of hydrogen-bond acceptors (Lipinski definition) is 8. The van der Waals surface area contributed by atoms with E-state index in [0.29, 0.717) is 5.92 Å². The van der Waals surface area contributed by atoms with E-state index in [4.69, 9.17) is 4.42 Å². The highest BCUT2D eigenvalue weighted by Gasteiger charge is 2.42. The highest BCUT2D eigenvalue weighted by molar-refractivity contribution is 5.97. The van der Waals surface area contributed by atoms with Gasteiger partial charge in [0.1, 0.15) is 22.9 Å². The van der Waals surface area contributed by atoms with Crippen LogP contribution in [0.1, 0.15) is 72.6 Å². The van der Waals surface area contributed by atoms with E-state index in [9.17, 15) is 19.5 Å². The molecular weight excluding hydrogens is 436 g/mol. The van der Waals surface area contributed by atoms with Crippen LogP contribution in [0.5, 0.6) is 5.75 Å². The van der Waals surface area contributed by atoms with Crippen molar-refractivity contribution in [2.75, 3.05) is 24.7 Å². The zero-order chi connectivity index (χ0) is 24.4. The molecule has 2 aliphatic rings. The topological polar surface area (TPSA) is 125 Å². The molecule has 1 aromatic carbocycles. The highest BCUT2D eigenvalue weighted by Crippen LogP contribution is 2.50. The van der Waals surface area contributed by atoms with Crippen molar-refractivity contribution in [3.8, 4) is 5.75 Å². The Morgan fingerprint density at radius 1 is 1.21 bits per heavy atom. The third-order valence-electron chi connectivity index (χ3n) is 6.91. The van der Waals surface area contributed by atoms with Crippen LogP contribution < -0.4 is 21.5 Å². The van der Waals surface area contributed by atoms with E-state index in [2.05, 4.69) is 35.5 Å². The van der Waals surface area contributed by atoms with Crippen LogP contribution >= 0.6 is 0 Å². The zero-order valence-electron chi connectivity index (χ0n) is 19.7. The van der Waals surface area contributed by atoms with Gasteiger partial charge in [0, 0.05) is 26.2 Å². The summed E-state index contributed by atoms with van der Waals surface area (Å²) >= 11 is 0. The minimum atomic E-state index is -0.689. The number of aromatic nitrogens is 1. The predicted octanol–water partition coefficient (Wildman–Crippen LogP) is 3.42. The normalized spacial score (nSPS) is 19.0. The molecule has 34 heavy (non-hydrogen) atoms. The van der Waals surface area contributed by atoms with Gasteiger partial charge in [-0.15, -0.1) is 0 Å². The van der Waals surface area contributed by atoms with Crippen LogP contribution in [-0.4, -0.2) is 35.0 Å². The number of aromatic hydroxyl groups is 1. The first kappa shape index (κ1) is 22.2. The molecule has 1 fully saturated rings. The van der Waals surface area contributed by atoms with E-state index >= 15 is 0 Å². The number of hydrogen-bond donors (Lipinski definition) is 3. The quantitative estimate of drug-likeness (QED) is 0.474. The monoisotopic (exact) mass is 464 g/mol. The van der Waals surface area contributed by atoms with Gasteiger partial charge in [-0.3, -0.25) is 14.4 Å². The number of pyridine rings is 1. The minimum absolute atomic E-state index is 0.0478. The summed E-state index contributed by atoms with van der Waals surface area (Å²) in [6.45, 7) is 4.22. The fraction of sp³-hybridized carbons (Fsp3) is 0.440. The Hall–Kier alpha value is -3.62. The summed E-state index contributed by atoms with van der Waals surface area (Å²) < 4.78 is 6.25. The fourth-order valence-electron chi connectivity index (χ4n) is 4.54. The molecule has 5 rings (SSSR count). The number of nitrogens with zero attached hydrogens (tertiary/aromatic N) is 2.